The second-order valence-electron chi connectivity index (χ2n) is 5.15. The predicted molar refractivity (Wildman–Crippen MR) is 93.4 cm³/mol. The normalized spacial score (nSPS) is 10.0. The van der Waals surface area contributed by atoms with Gasteiger partial charge >= 0.3 is 5.97 Å². The van der Waals surface area contributed by atoms with Gasteiger partial charge in [-0.25, -0.2) is 4.79 Å². The number of methoxy groups -OCH3 is 1. The average molecular weight is 361 g/mol. The van der Waals surface area contributed by atoms with Crippen molar-refractivity contribution in [2.24, 2.45) is 0 Å². The SMILES string of the molecule is COC(=O)c1ccc(CNC(=O)CNC(=O)c2ccc(Cl)cc2)cc1. The van der Waals surface area contributed by atoms with E-state index in [1.807, 2.05) is 0 Å². The lowest BCUT2D eigenvalue weighted by atomic mass is 10.1. The third-order valence-corrected chi connectivity index (χ3v) is 3.63. The zero-order valence-electron chi connectivity index (χ0n) is 13.5. The number of hydrogen-bond acceptors (Lipinski definition) is 4. The molecule has 2 aromatic carbocycles. The van der Waals surface area contributed by atoms with Crippen molar-refractivity contribution < 1.29 is 19.1 Å². The van der Waals surface area contributed by atoms with E-state index >= 15 is 0 Å². The minimum absolute atomic E-state index is 0.137. The number of rotatable bonds is 6. The number of halogens is 1. The van der Waals surface area contributed by atoms with Crippen LogP contribution in [-0.2, 0) is 16.1 Å². The fourth-order valence-corrected chi connectivity index (χ4v) is 2.13. The minimum atomic E-state index is -0.416. The molecule has 0 aliphatic rings. The fraction of sp³-hybridized carbons (Fsp3) is 0.167. The molecular weight excluding hydrogens is 344 g/mol. The van der Waals surface area contributed by atoms with E-state index in [2.05, 4.69) is 15.4 Å². The molecular formula is C18H17ClN2O4. The van der Waals surface area contributed by atoms with E-state index in [9.17, 15) is 14.4 Å². The van der Waals surface area contributed by atoms with E-state index in [0.717, 1.165) is 5.56 Å². The molecule has 0 bridgehead atoms. The monoisotopic (exact) mass is 360 g/mol. The van der Waals surface area contributed by atoms with Crippen molar-refractivity contribution in [2.75, 3.05) is 13.7 Å². The maximum Gasteiger partial charge on any atom is 0.337 e. The molecule has 0 saturated heterocycles. The summed E-state index contributed by atoms with van der Waals surface area (Å²) in [5, 5.41) is 5.75. The van der Waals surface area contributed by atoms with E-state index in [-0.39, 0.29) is 24.9 Å². The lowest BCUT2D eigenvalue weighted by Crippen LogP contribution is -2.36. The Bertz CT molecular complexity index is 758. The molecule has 0 aromatic heterocycles. The highest BCUT2D eigenvalue weighted by Gasteiger charge is 2.08. The van der Waals surface area contributed by atoms with Crippen molar-refractivity contribution >= 4 is 29.4 Å². The average Bonchev–Trinajstić information content (AvgIpc) is 2.64. The second-order valence-corrected chi connectivity index (χ2v) is 5.59. The van der Waals surface area contributed by atoms with E-state index in [1.165, 1.54) is 7.11 Å². The Kier molecular flexibility index (Phi) is 6.54. The van der Waals surface area contributed by atoms with Crippen LogP contribution in [0, 0.1) is 0 Å². The third kappa shape index (κ3) is 5.61. The van der Waals surface area contributed by atoms with Crippen LogP contribution in [0.5, 0.6) is 0 Å². The molecule has 130 valence electrons. The van der Waals surface area contributed by atoms with Gasteiger partial charge in [0.05, 0.1) is 19.2 Å². The molecule has 0 unspecified atom stereocenters. The zero-order valence-corrected chi connectivity index (χ0v) is 14.3. The number of ether oxygens (including phenoxy) is 1. The highest BCUT2D eigenvalue weighted by Crippen LogP contribution is 2.09. The zero-order chi connectivity index (χ0) is 18.2. The maximum atomic E-state index is 11.9. The topological polar surface area (TPSA) is 84.5 Å². The number of nitrogens with one attached hydrogen (secondary N) is 2. The highest BCUT2D eigenvalue weighted by atomic mass is 35.5. The van der Waals surface area contributed by atoms with Crippen LogP contribution in [0.2, 0.25) is 5.02 Å². The molecule has 2 aromatic rings. The number of benzene rings is 2. The van der Waals surface area contributed by atoms with Crippen LogP contribution in [0.1, 0.15) is 26.3 Å². The van der Waals surface area contributed by atoms with Crippen molar-refractivity contribution in [3.05, 3.63) is 70.2 Å². The van der Waals surface area contributed by atoms with Crippen LogP contribution in [0.3, 0.4) is 0 Å². The number of hydrogen-bond donors (Lipinski definition) is 2. The molecule has 0 aliphatic carbocycles. The van der Waals surface area contributed by atoms with Gasteiger partial charge in [-0.2, -0.15) is 0 Å². The Morgan fingerprint density at radius 1 is 0.920 bits per heavy atom. The molecule has 0 fully saturated rings. The van der Waals surface area contributed by atoms with Gasteiger partial charge in [-0.05, 0) is 42.0 Å². The van der Waals surface area contributed by atoms with Gasteiger partial charge in [0.1, 0.15) is 0 Å². The van der Waals surface area contributed by atoms with Crippen LogP contribution >= 0.6 is 11.6 Å². The summed E-state index contributed by atoms with van der Waals surface area (Å²) in [4.78, 5) is 35.0. The van der Waals surface area contributed by atoms with E-state index in [0.29, 0.717) is 16.1 Å². The van der Waals surface area contributed by atoms with Gasteiger partial charge < -0.3 is 15.4 Å². The van der Waals surface area contributed by atoms with Crippen LogP contribution in [-0.4, -0.2) is 31.4 Å². The summed E-state index contributed by atoms with van der Waals surface area (Å²) in [7, 11) is 1.31. The molecule has 0 radical (unpaired) electrons. The second kappa shape index (κ2) is 8.84. The molecule has 0 heterocycles. The molecule has 6 nitrogen and oxygen atoms in total. The van der Waals surface area contributed by atoms with Gasteiger partial charge in [-0.3, -0.25) is 9.59 Å². The minimum Gasteiger partial charge on any atom is -0.465 e. The molecule has 0 atom stereocenters. The number of amides is 2. The van der Waals surface area contributed by atoms with Crippen molar-refractivity contribution in [3.8, 4) is 0 Å². The number of carbonyl (C=O) groups excluding carboxylic acids is 3. The quantitative estimate of drug-likeness (QED) is 0.773. The van der Waals surface area contributed by atoms with E-state index < -0.39 is 5.97 Å². The Hall–Kier alpha value is -2.86. The Balaban J connectivity index is 1.77. The van der Waals surface area contributed by atoms with Crippen LogP contribution in [0.4, 0.5) is 0 Å². The molecule has 2 amide bonds. The van der Waals surface area contributed by atoms with Gasteiger partial charge in [0.15, 0.2) is 0 Å². The van der Waals surface area contributed by atoms with Gasteiger partial charge in [0.2, 0.25) is 5.91 Å². The fourth-order valence-electron chi connectivity index (χ4n) is 2.00. The maximum absolute atomic E-state index is 11.9. The molecule has 7 heteroatoms. The number of carbonyl (C=O) groups is 3. The van der Waals surface area contributed by atoms with Crippen LogP contribution < -0.4 is 10.6 Å². The molecule has 0 aliphatic heterocycles. The lowest BCUT2D eigenvalue weighted by Gasteiger charge is -2.08. The summed E-state index contributed by atoms with van der Waals surface area (Å²) in [6.07, 6.45) is 0. The molecule has 2 rings (SSSR count). The van der Waals surface area contributed by atoms with E-state index in [1.54, 1.807) is 48.5 Å². The van der Waals surface area contributed by atoms with E-state index in [4.69, 9.17) is 11.6 Å². The molecule has 2 N–H and O–H groups in total. The van der Waals surface area contributed by atoms with Crippen molar-refractivity contribution in [2.45, 2.75) is 6.54 Å². The molecule has 0 spiro atoms. The standard InChI is InChI=1S/C18H17ClN2O4/c1-25-18(24)14-4-2-12(3-5-14)10-20-16(22)11-21-17(23)13-6-8-15(19)9-7-13/h2-9H,10-11H2,1H3,(H,20,22)(H,21,23). The summed E-state index contributed by atoms with van der Waals surface area (Å²) in [5.41, 5.74) is 1.69. The van der Waals surface area contributed by atoms with Gasteiger partial charge in [0.25, 0.3) is 5.91 Å². The first kappa shape index (κ1) is 18.5. The third-order valence-electron chi connectivity index (χ3n) is 3.38. The van der Waals surface area contributed by atoms with Gasteiger partial charge in [-0.15, -0.1) is 0 Å². The first-order valence-electron chi connectivity index (χ1n) is 7.47. The van der Waals surface area contributed by atoms with Crippen molar-refractivity contribution in [3.63, 3.8) is 0 Å². The van der Waals surface area contributed by atoms with Gasteiger partial charge in [0, 0.05) is 17.1 Å². The largest absolute Gasteiger partial charge is 0.465 e. The first-order chi connectivity index (χ1) is 12.0. The summed E-state index contributed by atoms with van der Waals surface area (Å²) in [6.45, 7) is 0.152. The molecule has 25 heavy (non-hydrogen) atoms. The van der Waals surface area contributed by atoms with Crippen LogP contribution in [0.25, 0.3) is 0 Å². The first-order valence-corrected chi connectivity index (χ1v) is 7.85. The smallest absolute Gasteiger partial charge is 0.337 e. The summed E-state index contributed by atoms with van der Waals surface area (Å²) in [6, 6.07) is 13.1. The predicted octanol–water partition coefficient (Wildman–Crippen LogP) is 2.17. The lowest BCUT2D eigenvalue weighted by molar-refractivity contribution is -0.120. The van der Waals surface area contributed by atoms with Gasteiger partial charge in [-0.1, -0.05) is 23.7 Å². The Morgan fingerprint density at radius 3 is 2.12 bits per heavy atom. The molecule has 0 saturated carbocycles. The van der Waals surface area contributed by atoms with Crippen LogP contribution in [0.15, 0.2) is 48.5 Å². The highest BCUT2D eigenvalue weighted by molar-refractivity contribution is 6.30. The Morgan fingerprint density at radius 2 is 1.52 bits per heavy atom. The summed E-state index contributed by atoms with van der Waals surface area (Å²) >= 11 is 5.76. The summed E-state index contributed by atoms with van der Waals surface area (Å²) < 4.78 is 4.62. The van der Waals surface area contributed by atoms with Crippen molar-refractivity contribution in [1.82, 2.24) is 10.6 Å². The number of esters is 1. The summed E-state index contributed by atoms with van der Waals surface area (Å²) in [5.74, 6) is -1.09. The Labute approximate surface area is 150 Å². The van der Waals surface area contributed by atoms with Crippen molar-refractivity contribution in [1.29, 1.82) is 0 Å².